The number of sulfonamides is 1. The predicted molar refractivity (Wildman–Crippen MR) is 190 cm³/mol. The highest BCUT2D eigenvalue weighted by Gasteiger charge is 2.62. The Morgan fingerprint density at radius 3 is 2.49 bits per heavy atom. The van der Waals surface area contributed by atoms with Crippen molar-refractivity contribution in [3.63, 3.8) is 0 Å². The Bertz CT molecular complexity index is 1880. The first-order valence-corrected chi connectivity index (χ1v) is 19.7. The van der Waals surface area contributed by atoms with E-state index in [-0.39, 0.29) is 42.8 Å². The molecule has 0 radical (unpaired) electrons. The zero-order valence-corrected chi connectivity index (χ0v) is 31.2. The molecular formula is C37H47N5O10S. The van der Waals surface area contributed by atoms with Crippen LogP contribution in [-0.4, -0.2) is 89.4 Å². The molecule has 4 amide bonds. The summed E-state index contributed by atoms with van der Waals surface area (Å²) in [6.45, 7) is 6.48. The summed E-state index contributed by atoms with van der Waals surface area (Å²) in [4.78, 5) is 70.2. The van der Waals surface area contributed by atoms with Crippen molar-refractivity contribution in [3.05, 3.63) is 53.8 Å². The minimum Gasteiger partial charge on any atom is -0.457 e. The topological polar surface area (TPSA) is 203 Å². The number of hydrogen-bond acceptors (Lipinski definition) is 11. The second-order valence-electron chi connectivity index (χ2n) is 15.3. The average Bonchev–Trinajstić information content (AvgIpc) is 3.98. The normalized spacial score (nSPS) is 27.2. The molecule has 4 aliphatic rings. The van der Waals surface area contributed by atoms with E-state index in [9.17, 15) is 32.4 Å². The van der Waals surface area contributed by atoms with E-state index in [1.54, 1.807) is 52.0 Å². The van der Waals surface area contributed by atoms with Crippen molar-refractivity contribution >= 4 is 39.8 Å². The molecule has 5 atom stereocenters. The Labute approximate surface area is 308 Å². The van der Waals surface area contributed by atoms with Gasteiger partial charge in [-0.15, -0.1) is 0 Å². The van der Waals surface area contributed by atoms with Crippen molar-refractivity contribution in [2.75, 3.05) is 6.54 Å². The number of esters is 1. The van der Waals surface area contributed by atoms with Gasteiger partial charge in [0, 0.05) is 17.9 Å². The number of fused-ring (bicyclic) bond motifs is 2. The molecule has 3 heterocycles. The van der Waals surface area contributed by atoms with E-state index < -0.39 is 80.3 Å². The van der Waals surface area contributed by atoms with Gasteiger partial charge in [0.05, 0.1) is 11.8 Å². The maximum atomic E-state index is 14.4. The van der Waals surface area contributed by atoms with Gasteiger partial charge in [0.1, 0.15) is 46.3 Å². The van der Waals surface area contributed by atoms with Crippen LogP contribution in [0.5, 0.6) is 0 Å². The van der Waals surface area contributed by atoms with Crippen LogP contribution in [0, 0.1) is 12.8 Å². The SMILES string of the molecule is Cc1onc(-c2ccccc2)c1C(=O)O[C@@H]1C[C@H]2C(=O)N[C@]3(C(=O)NS(=O)(=O)C4CC4)C[C@@H]3/C=C\CCCCC[C@H](NC(=O)OC(C)(C)C)C(=O)N2C1. The Morgan fingerprint density at radius 2 is 1.79 bits per heavy atom. The summed E-state index contributed by atoms with van der Waals surface area (Å²) >= 11 is 0. The van der Waals surface area contributed by atoms with Crippen LogP contribution in [0.4, 0.5) is 4.79 Å². The fourth-order valence-electron chi connectivity index (χ4n) is 6.91. The largest absolute Gasteiger partial charge is 0.457 e. The third-order valence-electron chi connectivity index (χ3n) is 9.92. The molecular weight excluding hydrogens is 706 g/mol. The van der Waals surface area contributed by atoms with E-state index in [0.29, 0.717) is 31.2 Å². The number of allylic oxidation sites excluding steroid dienone is 1. The predicted octanol–water partition coefficient (Wildman–Crippen LogP) is 3.67. The van der Waals surface area contributed by atoms with Crippen molar-refractivity contribution in [2.45, 2.75) is 120 Å². The fourth-order valence-corrected chi connectivity index (χ4v) is 8.28. The maximum absolute atomic E-state index is 14.4. The van der Waals surface area contributed by atoms with E-state index >= 15 is 0 Å². The quantitative estimate of drug-likeness (QED) is 0.275. The number of carbonyl (C=O) groups excluding carboxylic acids is 5. The van der Waals surface area contributed by atoms with Gasteiger partial charge in [0.15, 0.2) is 0 Å². The highest BCUT2D eigenvalue weighted by Crippen LogP contribution is 2.46. The first-order chi connectivity index (χ1) is 25.1. The standard InChI is InChI=1S/C37H47N5O10S/c1-22-29(30(40-52-22)23-13-9-8-10-14-23)33(45)50-25-19-28-31(43)39-37(34(46)41-53(48,49)26-17-18-26)20-24(37)15-11-6-5-7-12-16-27(32(44)42(28)21-25)38-35(47)51-36(2,3)4/h8-11,13-15,24-28H,5-7,12,16-21H2,1-4H3,(H,38,47)(H,39,43)(H,41,46)/b15-11-/t24-,25+,27-,28-,37+/m0/s1. The lowest BCUT2D eigenvalue weighted by Crippen LogP contribution is -2.58. The second-order valence-corrected chi connectivity index (χ2v) is 17.3. The van der Waals surface area contributed by atoms with Crippen molar-refractivity contribution in [1.82, 2.24) is 25.4 Å². The number of alkyl carbamates (subject to hydrolysis) is 1. The van der Waals surface area contributed by atoms with Gasteiger partial charge in [0.25, 0.3) is 5.91 Å². The number of aromatic nitrogens is 1. The van der Waals surface area contributed by atoms with E-state index in [1.165, 1.54) is 4.90 Å². The van der Waals surface area contributed by atoms with Crippen LogP contribution in [0.3, 0.4) is 0 Å². The number of carbonyl (C=O) groups is 5. The molecule has 53 heavy (non-hydrogen) atoms. The van der Waals surface area contributed by atoms with Crippen molar-refractivity contribution in [2.24, 2.45) is 5.92 Å². The van der Waals surface area contributed by atoms with Gasteiger partial charge in [-0.05, 0) is 66.2 Å². The lowest BCUT2D eigenvalue weighted by atomic mass is 10.0. The van der Waals surface area contributed by atoms with Crippen LogP contribution in [0.25, 0.3) is 11.3 Å². The Hall–Kier alpha value is -4.73. The van der Waals surface area contributed by atoms with Crippen LogP contribution in [0.1, 0.15) is 94.7 Å². The van der Waals surface area contributed by atoms with Gasteiger partial charge in [-0.1, -0.05) is 60.5 Å². The van der Waals surface area contributed by atoms with Gasteiger partial charge in [0.2, 0.25) is 21.8 Å². The monoisotopic (exact) mass is 753 g/mol. The zero-order chi connectivity index (χ0) is 38.1. The number of hydrogen-bond donors (Lipinski definition) is 3. The molecule has 0 unspecified atom stereocenters. The van der Waals surface area contributed by atoms with E-state index in [4.69, 9.17) is 14.0 Å². The average molecular weight is 754 g/mol. The summed E-state index contributed by atoms with van der Waals surface area (Å²) < 4.78 is 44.5. The molecule has 2 saturated carbocycles. The third kappa shape index (κ3) is 8.74. The molecule has 6 rings (SSSR count). The lowest BCUT2D eigenvalue weighted by Gasteiger charge is -2.30. The van der Waals surface area contributed by atoms with E-state index in [2.05, 4.69) is 20.5 Å². The first kappa shape index (κ1) is 38.0. The van der Waals surface area contributed by atoms with Crippen molar-refractivity contribution < 1.29 is 46.4 Å². The van der Waals surface area contributed by atoms with Crippen LogP contribution < -0.4 is 15.4 Å². The molecule has 2 aromatic rings. The minimum atomic E-state index is -3.92. The lowest BCUT2D eigenvalue weighted by molar-refractivity contribution is -0.141. The number of ether oxygens (including phenoxy) is 2. The number of rotatable bonds is 7. The number of aryl methyl sites for hydroxylation is 1. The highest BCUT2D eigenvalue weighted by molar-refractivity contribution is 7.91. The zero-order valence-electron chi connectivity index (χ0n) is 30.4. The number of benzene rings is 1. The van der Waals surface area contributed by atoms with Gasteiger partial charge >= 0.3 is 12.1 Å². The summed E-state index contributed by atoms with van der Waals surface area (Å²) in [5.41, 5.74) is -1.39. The first-order valence-electron chi connectivity index (χ1n) is 18.2. The molecule has 1 saturated heterocycles. The molecule has 15 nitrogen and oxygen atoms in total. The summed E-state index contributed by atoms with van der Waals surface area (Å²) in [6.07, 6.45) is 5.87. The molecule has 1 aromatic carbocycles. The molecule has 16 heteroatoms. The second kappa shape index (κ2) is 15.0. The van der Waals surface area contributed by atoms with Gasteiger partial charge in [-0.25, -0.2) is 18.0 Å². The highest BCUT2D eigenvalue weighted by atomic mass is 32.2. The van der Waals surface area contributed by atoms with E-state index in [0.717, 1.165) is 12.8 Å². The molecule has 3 fully saturated rings. The molecule has 2 aliphatic heterocycles. The van der Waals surface area contributed by atoms with E-state index in [1.807, 2.05) is 18.2 Å². The minimum absolute atomic E-state index is 0.0982. The third-order valence-corrected chi connectivity index (χ3v) is 11.7. The molecule has 2 aliphatic carbocycles. The van der Waals surface area contributed by atoms with Crippen LogP contribution in [-0.2, 0) is 33.9 Å². The Kier molecular flexibility index (Phi) is 10.7. The smallest absolute Gasteiger partial charge is 0.408 e. The Balaban J connectivity index is 1.29. The maximum Gasteiger partial charge on any atom is 0.408 e. The number of nitrogens with zero attached hydrogens (tertiary/aromatic N) is 2. The Morgan fingerprint density at radius 1 is 1.06 bits per heavy atom. The van der Waals surface area contributed by atoms with Crippen LogP contribution in [0.15, 0.2) is 47.0 Å². The van der Waals surface area contributed by atoms with Gasteiger partial charge in [-0.2, -0.15) is 0 Å². The molecule has 1 aromatic heterocycles. The summed E-state index contributed by atoms with van der Waals surface area (Å²) in [5, 5.41) is 8.89. The van der Waals surface area contributed by atoms with Crippen molar-refractivity contribution in [3.8, 4) is 11.3 Å². The molecule has 0 spiro atoms. The summed E-state index contributed by atoms with van der Waals surface area (Å²) in [6, 6.07) is 6.62. The van der Waals surface area contributed by atoms with Crippen LogP contribution >= 0.6 is 0 Å². The molecule has 0 bridgehead atoms. The van der Waals surface area contributed by atoms with Crippen molar-refractivity contribution in [1.29, 1.82) is 0 Å². The molecule has 286 valence electrons. The fraction of sp³-hybridized carbons (Fsp3) is 0.568. The number of nitrogens with one attached hydrogen (secondary N) is 3. The van der Waals surface area contributed by atoms with Gasteiger partial charge < -0.3 is 29.5 Å². The van der Waals surface area contributed by atoms with Gasteiger partial charge in [-0.3, -0.25) is 19.1 Å². The number of amides is 4. The van der Waals surface area contributed by atoms with Crippen LogP contribution in [0.2, 0.25) is 0 Å². The molecule has 3 N–H and O–H groups in total. The summed E-state index contributed by atoms with van der Waals surface area (Å²) in [5.74, 6) is -3.16. The summed E-state index contributed by atoms with van der Waals surface area (Å²) in [7, 11) is -3.92.